The highest BCUT2D eigenvalue weighted by Crippen LogP contribution is 2.41. The molecule has 1 saturated carbocycles. The Bertz CT molecular complexity index is 158. The van der Waals surface area contributed by atoms with E-state index in [2.05, 4.69) is 27.7 Å². The third-order valence-electron chi connectivity index (χ3n) is 3.58. The topological polar surface area (TPSA) is 26.0 Å². The van der Waals surface area contributed by atoms with E-state index in [9.17, 15) is 0 Å². The van der Waals surface area contributed by atoms with Gasteiger partial charge >= 0.3 is 0 Å². The van der Waals surface area contributed by atoms with Crippen LogP contribution in [0.2, 0.25) is 0 Å². The minimum absolute atomic E-state index is 0.355. The molecule has 0 aromatic heterocycles. The Morgan fingerprint density at radius 3 is 2.17 bits per heavy atom. The molecule has 1 heteroatoms. The van der Waals surface area contributed by atoms with E-state index in [4.69, 9.17) is 5.73 Å². The molecule has 12 heavy (non-hydrogen) atoms. The number of hydrogen-bond donors (Lipinski definition) is 1. The summed E-state index contributed by atoms with van der Waals surface area (Å²) in [6.07, 6.45) is 5.09. The summed E-state index contributed by atoms with van der Waals surface area (Å²) in [7, 11) is 0. The molecule has 0 spiro atoms. The van der Waals surface area contributed by atoms with Gasteiger partial charge in [0.25, 0.3) is 0 Å². The van der Waals surface area contributed by atoms with E-state index in [0.717, 1.165) is 0 Å². The number of rotatable bonds is 0. The van der Waals surface area contributed by atoms with Crippen molar-refractivity contribution in [1.82, 2.24) is 0 Å². The van der Waals surface area contributed by atoms with Gasteiger partial charge in [-0.05, 0) is 36.5 Å². The Labute approximate surface area is 76.7 Å². The molecule has 0 saturated heterocycles. The quantitative estimate of drug-likeness (QED) is 0.554. The van der Waals surface area contributed by atoms with E-state index in [1.807, 2.05) is 0 Å². The Morgan fingerprint density at radius 2 is 1.58 bits per heavy atom. The van der Waals surface area contributed by atoms with Crippen LogP contribution in [0, 0.1) is 10.8 Å². The molecule has 0 heterocycles. The average Bonchev–Trinajstić information content (AvgIpc) is 2.03. The SMILES string of the molecule is CC1(C)CCC(N)C(C)(C)CC1. The fourth-order valence-corrected chi connectivity index (χ4v) is 1.91. The Morgan fingerprint density at radius 1 is 1.00 bits per heavy atom. The van der Waals surface area contributed by atoms with Gasteiger partial charge < -0.3 is 5.73 Å². The van der Waals surface area contributed by atoms with Crippen molar-refractivity contribution in [1.29, 1.82) is 0 Å². The molecule has 0 bridgehead atoms. The predicted octanol–water partition coefficient (Wildman–Crippen LogP) is 2.94. The number of hydrogen-bond acceptors (Lipinski definition) is 1. The van der Waals surface area contributed by atoms with Crippen LogP contribution in [-0.4, -0.2) is 6.04 Å². The van der Waals surface area contributed by atoms with Crippen LogP contribution in [-0.2, 0) is 0 Å². The summed E-state index contributed by atoms with van der Waals surface area (Å²) in [5.41, 5.74) is 7.01. The standard InChI is InChI=1S/C11H23N/c1-10(2)6-5-9(12)11(3,4)8-7-10/h9H,5-8,12H2,1-4H3. The molecule has 1 aliphatic carbocycles. The van der Waals surface area contributed by atoms with E-state index >= 15 is 0 Å². The second-order valence-corrected chi connectivity index (χ2v) is 5.80. The lowest BCUT2D eigenvalue weighted by Crippen LogP contribution is -2.35. The van der Waals surface area contributed by atoms with Crippen LogP contribution >= 0.6 is 0 Å². The minimum Gasteiger partial charge on any atom is -0.327 e. The molecule has 0 aromatic rings. The summed E-state index contributed by atoms with van der Waals surface area (Å²) < 4.78 is 0. The molecule has 1 aliphatic rings. The van der Waals surface area contributed by atoms with Gasteiger partial charge in [-0.15, -0.1) is 0 Å². The van der Waals surface area contributed by atoms with Crippen molar-refractivity contribution < 1.29 is 0 Å². The average molecular weight is 169 g/mol. The first-order valence-electron chi connectivity index (χ1n) is 5.09. The van der Waals surface area contributed by atoms with Crippen LogP contribution in [0.1, 0.15) is 53.4 Å². The molecule has 1 fully saturated rings. The summed E-state index contributed by atoms with van der Waals surface area (Å²) in [5.74, 6) is 0. The molecular formula is C11H23N. The summed E-state index contributed by atoms with van der Waals surface area (Å²) >= 11 is 0. The lowest BCUT2D eigenvalue weighted by molar-refractivity contribution is 0.254. The van der Waals surface area contributed by atoms with Crippen molar-refractivity contribution in [2.75, 3.05) is 0 Å². The maximum absolute atomic E-state index is 6.13. The van der Waals surface area contributed by atoms with Gasteiger partial charge in [0.1, 0.15) is 0 Å². The van der Waals surface area contributed by atoms with Gasteiger partial charge in [0, 0.05) is 6.04 Å². The van der Waals surface area contributed by atoms with Crippen LogP contribution in [0.15, 0.2) is 0 Å². The zero-order chi connectivity index (χ0) is 9.41. The fraction of sp³-hybridized carbons (Fsp3) is 1.00. The van der Waals surface area contributed by atoms with Crippen LogP contribution in [0.4, 0.5) is 0 Å². The van der Waals surface area contributed by atoms with E-state index < -0.39 is 0 Å². The molecule has 1 atom stereocenters. The first-order valence-corrected chi connectivity index (χ1v) is 5.09. The monoisotopic (exact) mass is 169 g/mol. The largest absolute Gasteiger partial charge is 0.327 e. The summed E-state index contributed by atoms with van der Waals surface area (Å²) in [4.78, 5) is 0. The Hall–Kier alpha value is -0.0400. The van der Waals surface area contributed by atoms with Crippen molar-refractivity contribution in [3.63, 3.8) is 0 Å². The molecule has 1 unspecified atom stereocenters. The molecule has 2 N–H and O–H groups in total. The van der Waals surface area contributed by atoms with Gasteiger partial charge in [0.2, 0.25) is 0 Å². The Balaban J connectivity index is 2.66. The van der Waals surface area contributed by atoms with Crippen LogP contribution in [0.5, 0.6) is 0 Å². The molecular weight excluding hydrogens is 146 g/mol. The lowest BCUT2D eigenvalue weighted by atomic mass is 9.80. The minimum atomic E-state index is 0.355. The second-order valence-electron chi connectivity index (χ2n) is 5.80. The molecule has 0 radical (unpaired) electrons. The van der Waals surface area contributed by atoms with Crippen molar-refractivity contribution in [2.45, 2.75) is 59.4 Å². The molecule has 0 aliphatic heterocycles. The normalized spacial score (nSPS) is 34.2. The summed E-state index contributed by atoms with van der Waals surface area (Å²) in [6.45, 7) is 9.33. The molecule has 0 aromatic carbocycles. The molecule has 1 nitrogen and oxygen atoms in total. The van der Waals surface area contributed by atoms with Gasteiger partial charge in [-0.2, -0.15) is 0 Å². The lowest BCUT2D eigenvalue weighted by Gasteiger charge is -2.29. The van der Waals surface area contributed by atoms with E-state index in [0.29, 0.717) is 16.9 Å². The highest BCUT2D eigenvalue weighted by atomic mass is 14.7. The van der Waals surface area contributed by atoms with Gasteiger partial charge in [-0.1, -0.05) is 27.7 Å². The zero-order valence-electron chi connectivity index (χ0n) is 8.98. The third-order valence-corrected chi connectivity index (χ3v) is 3.58. The van der Waals surface area contributed by atoms with Gasteiger partial charge in [0.15, 0.2) is 0 Å². The zero-order valence-corrected chi connectivity index (χ0v) is 8.98. The molecule has 0 amide bonds. The highest BCUT2D eigenvalue weighted by molar-refractivity contribution is 4.88. The van der Waals surface area contributed by atoms with E-state index in [1.54, 1.807) is 0 Å². The maximum Gasteiger partial charge on any atom is 0.00904 e. The molecule has 1 rings (SSSR count). The van der Waals surface area contributed by atoms with Crippen LogP contribution in [0.25, 0.3) is 0 Å². The molecule has 72 valence electrons. The van der Waals surface area contributed by atoms with E-state index in [-0.39, 0.29) is 0 Å². The van der Waals surface area contributed by atoms with Crippen molar-refractivity contribution >= 4 is 0 Å². The first kappa shape index (κ1) is 10.0. The highest BCUT2D eigenvalue weighted by Gasteiger charge is 2.33. The summed E-state index contributed by atoms with van der Waals surface area (Å²) in [6, 6.07) is 0.402. The van der Waals surface area contributed by atoms with Gasteiger partial charge in [0.05, 0.1) is 0 Å². The fourth-order valence-electron chi connectivity index (χ4n) is 1.91. The van der Waals surface area contributed by atoms with E-state index in [1.165, 1.54) is 25.7 Å². The first-order chi connectivity index (χ1) is 5.33. The van der Waals surface area contributed by atoms with Crippen LogP contribution in [0.3, 0.4) is 0 Å². The Kier molecular flexibility index (Phi) is 2.53. The maximum atomic E-state index is 6.13. The summed E-state index contributed by atoms with van der Waals surface area (Å²) in [5, 5.41) is 0. The van der Waals surface area contributed by atoms with Crippen molar-refractivity contribution in [3.05, 3.63) is 0 Å². The predicted molar refractivity (Wildman–Crippen MR) is 54.0 cm³/mol. The van der Waals surface area contributed by atoms with Gasteiger partial charge in [-0.25, -0.2) is 0 Å². The van der Waals surface area contributed by atoms with Gasteiger partial charge in [-0.3, -0.25) is 0 Å². The van der Waals surface area contributed by atoms with Crippen LogP contribution < -0.4 is 5.73 Å². The third kappa shape index (κ3) is 2.22. The number of nitrogens with two attached hydrogens (primary N) is 1. The van der Waals surface area contributed by atoms with Crippen molar-refractivity contribution in [3.8, 4) is 0 Å². The second kappa shape index (κ2) is 3.02. The van der Waals surface area contributed by atoms with Crippen molar-refractivity contribution in [2.24, 2.45) is 16.6 Å². The smallest absolute Gasteiger partial charge is 0.00904 e.